The van der Waals surface area contributed by atoms with Crippen LogP contribution in [0.1, 0.15) is 33.1 Å². The van der Waals surface area contributed by atoms with Gasteiger partial charge in [-0.05, 0) is 33.1 Å². The van der Waals surface area contributed by atoms with Gasteiger partial charge in [-0.1, -0.05) is 0 Å². The fourth-order valence-corrected chi connectivity index (χ4v) is 2.26. The van der Waals surface area contributed by atoms with Gasteiger partial charge in [-0.3, -0.25) is 4.99 Å². The second-order valence-corrected chi connectivity index (χ2v) is 4.73. The van der Waals surface area contributed by atoms with E-state index < -0.39 is 0 Å². The number of ether oxygens (including phenoxy) is 2. The molecule has 1 aliphatic rings. The van der Waals surface area contributed by atoms with E-state index in [0.717, 1.165) is 64.6 Å². The summed E-state index contributed by atoms with van der Waals surface area (Å²) in [4.78, 5) is 6.86. The third-order valence-electron chi connectivity index (χ3n) is 3.23. The first-order chi connectivity index (χ1) is 9.31. The maximum absolute atomic E-state index is 5.87. The van der Waals surface area contributed by atoms with Gasteiger partial charge in [0.25, 0.3) is 0 Å². The summed E-state index contributed by atoms with van der Waals surface area (Å²) in [5.41, 5.74) is 0. The summed E-state index contributed by atoms with van der Waals surface area (Å²) in [6.07, 6.45) is 3.55. The van der Waals surface area contributed by atoms with E-state index in [1.807, 2.05) is 0 Å². The number of nitrogens with one attached hydrogen (secondary N) is 1. The Morgan fingerprint density at radius 2 is 1.95 bits per heavy atom. The standard InChI is InChI=1S/C14H29N3O2.HI/c1-4-15-14(16-5-2)17-9-7-13(8-10-17)19-12-6-11-18-3;/h13H,4-12H2,1-3H3,(H,15,16);1H. The number of halogens is 1. The van der Waals surface area contributed by atoms with Crippen LogP contribution in [0, 0.1) is 0 Å². The van der Waals surface area contributed by atoms with Gasteiger partial charge in [-0.15, -0.1) is 24.0 Å². The summed E-state index contributed by atoms with van der Waals surface area (Å²) in [6.45, 7) is 9.58. The molecule has 1 saturated heterocycles. The highest BCUT2D eigenvalue weighted by molar-refractivity contribution is 14.0. The van der Waals surface area contributed by atoms with Gasteiger partial charge >= 0.3 is 0 Å². The van der Waals surface area contributed by atoms with E-state index in [-0.39, 0.29) is 24.0 Å². The van der Waals surface area contributed by atoms with E-state index in [1.54, 1.807) is 7.11 Å². The maximum atomic E-state index is 5.87. The van der Waals surface area contributed by atoms with Crippen LogP contribution in [0.5, 0.6) is 0 Å². The Morgan fingerprint density at radius 3 is 2.50 bits per heavy atom. The molecule has 1 aliphatic heterocycles. The van der Waals surface area contributed by atoms with Crippen LogP contribution in [0.25, 0.3) is 0 Å². The van der Waals surface area contributed by atoms with Crippen LogP contribution in [0.2, 0.25) is 0 Å². The lowest BCUT2D eigenvalue weighted by molar-refractivity contribution is 0.00991. The first-order valence-corrected chi connectivity index (χ1v) is 7.45. The van der Waals surface area contributed by atoms with Gasteiger partial charge in [0.1, 0.15) is 0 Å². The fourth-order valence-electron chi connectivity index (χ4n) is 2.26. The van der Waals surface area contributed by atoms with Crippen molar-refractivity contribution in [2.45, 2.75) is 39.2 Å². The molecule has 0 aliphatic carbocycles. The molecule has 120 valence electrons. The zero-order valence-electron chi connectivity index (χ0n) is 13.1. The maximum Gasteiger partial charge on any atom is 0.193 e. The lowest BCUT2D eigenvalue weighted by Gasteiger charge is -2.34. The molecule has 0 aromatic rings. The van der Waals surface area contributed by atoms with E-state index in [1.165, 1.54) is 0 Å². The molecule has 0 bridgehead atoms. The van der Waals surface area contributed by atoms with Crippen LogP contribution < -0.4 is 5.32 Å². The van der Waals surface area contributed by atoms with Crippen molar-refractivity contribution in [3.8, 4) is 0 Å². The average Bonchev–Trinajstić information content (AvgIpc) is 2.44. The topological polar surface area (TPSA) is 46.1 Å². The van der Waals surface area contributed by atoms with Gasteiger partial charge in [0, 0.05) is 46.5 Å². The Kier molecular flexibility index (Phi) is 12.6. The Labute approximate surface area is 140 Å². The molecule has 0 saturated carbocycles. The molecule has 0 aromatic carbocycles. The largest absolute Gasteiger partial charge is 0.385 e. The Bertz CT molecular complexity index is 257. The number of hydrogen-bond acceptors (Lipinski definition) is 3. The van der Waals surface area contributed by atoms with Crippen molar-refractivity contribution in [3.05, 3.63) is 0 Å². The van der Waals surface area contributed by atoms with Gasteiger partial charge < -0.3 is 19.7 Å². The Balaban J connectivity index is 0.00000361. The number of methoxy groups -OCH3 is 1. The minimum atomic E-state index is 0. The third-order valence-corrected chi connectivity index (χ3v) is 3.23. The Hall–Kier alpha value is -0.0800. The molecule has 6 heteroatoms. The van der Waals surface area contributed by atoms with Gasteiger partial charge in [0.2, 0.25) is 0 Å². The highest BCUT2D eigenvalue weighted by Crippen LogP contribution is 2.14. The van der Waals surface area contributed by atoms with Crippen molar-refractivity contribution < 1.29 is 9.47 Å². The van der Waals surface area contributed by atoms with Gasteiger partial charge in [-0.25, -0.2) is 0 Å². The molecule has 20 heavy (non-hydrogen) atoms. The molecule has 0 spiro atoms. The molecule has 1 heterocycles. The first kappa shape index (κ1) is 19.9. The predicted octanol–water partition coefficient (Wildman–Crippen LogP) is 2.11. The first-order valence-electron chi connectivity index (χ1n) is 7.45. The highest BCUT2D eigenvalue weighted by atomic mass is 127. The molecule has 0 aromatic heterocycles. The number of rotatable bonds is 7. The third kappa shape index (κ3) is 7.64. The van der Waals surface area contributed by atoms with Crippen molar-refractivity contribution in [2.24, 2.45) is 4.99 Å². The Morgan fingerprint density at radius 1 is 1.25 bits per heavy atom. The normalized spacial score (nSPS) is 16.9. The predicted molar refractivity (Wildman–Crippen MR) is 94.1 cm³/mol. The summed E-state index contributed by atoms with van der Waals surface area (Å²) in [5, 5.41) is 3.35. The van der Waals surface area contributed by atoms with Crippen molar-refractivity contribution in [2.75, 3.05) is 46.5 Å². The van der Waals surface area contributed by atoms with Crippen LogP contribution in [-0.4, -0.2) is 63.5 Å². The van der Waals surface area contributed by atoms with Gasteiger partial charge in [0.15, 0.2) is 5.96 Å². The zero-order valence-corrected chi connectivity index (χ0v) is 15.4. The lowest BCUT2D eigenvalue weighted by Crippen LogP contribution is -2.47. The van der Waals surface area contributed by atoms with Crippen molar-refractivity contribution >= 4 is 29.9 Å². The highest BCUT2D eigenvalue weighted by Gasteiger charge is 2.21. The van der Waals surface area contributed by atoms with Gasteiger partial charge in [0.05, 0.1) is 6.10 Å². The lowest BCUT2D eigenvalue weighted by atomic mass is 10.1. The van der Waals surface area contributed by atoms with Crippen LogP contribution in [0.4, 0.5) is 0 Å². The number of likely N-dealkylation sites (tertiary alicyclic amines) is 1. The second-order valence-electron chi connectivity index (χ2n) is 4.73. The number of piperidine rings is 1. The van der Waals surface area contributed by atoms with E-state index in [2.05, 4.69) is 29.1 Å². The van der Waals surface area contributed by atoms with E-state index in [9.17, 15) is 0 Å². The molecule has 1 N–H and O–H groups in total. The SMILES string of the molecule is CCN=C(NCC)N1CCC(OCCCOC)CC1.I. The molecular weight excluding hydrogens is 369 g/mol. The molecular formula is C14H30IN3O2. The van der Waals surface area contributed by atoms with Crippen LogP contribution in [0.15, 0.2) is 4.99 Å². The van der Waals surface area contributed by atoms with E-state index in [0.29, 0.717) is 6.10 Å². The number of hydrogen-bond donors (Lipinski definition) is 1. The average molecular weight is 399 g/mol. The van der Waals surface area contributed by atoms with Gasteiger partial charge in [-0.2, -0.15) is 0 Å². The molecule has 5 nitrogen and oxygen atoms in total. The molecule has 0 unspecified atom stereocenters. The monoisotopic (exact) mass is 399 g/mol. The number of guanidine groups is 1. The number of aliphatic imine (C=N–C) groups is 1. The molecule has 1 fully saturated rings. The quantitative estimate of drug-likeness (QED) is 0.308. The van der Waals surface area contributed by atoms with Crippen molar-refractivity contribution in [1.82, 2.24) is 10.2 Å². The second kappa shape index (κ2) is 12.6. The summed E-state index contributed by atoms with van der Waals surface area (Å²) in [6, 6.07) is 0. The summed E-state index contributed by atoms with van der Waals surface area (Å²) in [5.74, 6) is 1.04. The molecule has 0 radical (unpaired) electrons. The van der Waals surface area contributed by atoms with Crippen LogP contribution in [-0.2, 0) is 9.47 Å². The minimum Gasteiger partial charge on any atom is -0.385 e. The minimum absolute atomic E-state index is 0. The van der Waals surface area contributed by atoms with E-state index in [4.69, 9.17) is 9.47 Å². The smallest absolute Gasteiger partial charge is 0.193 e. The molecule has 0 amide bonds. The summed E-state index contributed by atoms with van der Waals surface area (Å²) < 4.78 is 10.9. The fraction of sp³-hybridized carbons (Fsp3) is 0.929. The number of nitrogens with zero attached hydrogens (tertiary/aromatic N) is 2. The van der Waals surface area contributed by atoms with Crippen molar-refractivity contribution in [1.29, 1.82) is 0 Å². The zero-order chi connectivity index (χ0) is 13.9. The summed E-state index contributed by atoms with van der Waals surface area (Å²) >= 11 is 0. The molecule has 0 atom stereocenters. The summed E-state index contributed by atoms with van der Waals surface area (Å²) in [7, 11) is 1.73. The van der Waals surface area contributed by atoms with Crippen molar-refractivity contribution in [3.63, 3.8) is 0 Å². The van der Waals surface area contributed by atoms with Crippen LogP contribution >= 0.6 is 24.0 Å². The molecule has 1 rings (SSSR count). The van der Waals surface area contributed by atoms with E-state index >= 15 is 0 Å². The van der Waals surface area contributed by atoms with Crippen LogP contribution in [0.3, 0.4) is 0 Å².